The van der Waals surface area contributed by atoms with Crippen LogP contribution in [-0.2, 0) is 14.4 Å². The molecule has 0 aliphatic rings. The third-order valence-corrected chi connectivity index (χ3v) is 4.21. The second-order valence-corrected chi connectivity index (χ2v) is 6.82. The number of rotatable bonds is 6. The van der Waals surface area contributed by atoms with Crippen LogP contribution in [0.3, 0.4) is 0 Å². The molecule has 4 N–H and O–H groups in total. The summed E-state index contributed by atoms with van der Waals surface area (Å²) in [6.07, 6.45) is 1.29. The smallest absolute Gasteiger partial charge is 0.327 e. The lowest BCUT2D eigenvalue weighted by atomic mass is 10.1. The molecule has 0 bridgehead atoms. The largest absolute Gasteiger partial charge is 0.495 e. The van der Waals surface area contributed by atoms with Crippen LogP contribution in [0.25, 0.3) is 0 Å². The summed E-state index contributed by atoms with van der Waals surface area (Å²) in [5.41, 5.74) is 9.30. The Morgan fingerprint density at radius 2 is 1.53 bits per heavy atom. The van der Waals surface area contributed by atoms with Gasteiger partial charge in [-0.1, -0.05) is 29.8 Å². The predicted molar refractivity (Wildman–Crippen MR) is 116 cm³/mol. The average Bonchev–Trinajstić information content (AvgIpc) is 2.69. The molecule has 0 heterocycles. The minimum atomic E-state index is -0.917. The molecule has 0 fully saturated rings. The first-order valence-electron chi connectivity index (χ1n) is 9.28. The van der Waals surface area contributed by atoms with Gasteiger partial charge in [0.05, 0.1) is 12.8 Å². The van der Waals surface area contributed by atoms with E-state index in [4.69, 9.17) is 4.74 Å². The summed E-state index contributed by atoms with van der Waals surface area (Å²) in [4.78, 5) is 36.3. The maximum absolute atomic E-state index is 12.3. The van der Waals surface area contributed by atoms with Gasteiger partial charge in [-0.05, 0) is 51.0 Å². The van der Waals surface area contributed by atoms with Gasteiger partial charge >= 0.3 is 11.8 Å². The van der Waals surface area contributed by atoms with Gasteiger partial charge in [-0.2, -0.15) is 0 Å². The number of hydrazine groups is 1. The topological polar surface area (TPSA) is 109 Å². The van der Waals surface area contributed by atoms with Gasteiger partial charge in [0.15, 0.2) is 0 Å². The summed E-state index contributed by atoms with van der Waals surface area (Å²) in [6.45, 7) is 7.43. The van der Waals surface area contributed by atoms with Gasteiger partial charge in [-0.15, -0.1) is 0 Å². The number of benzene rings is 2. The number of para-hydroxylation sites is 2. The fourth-order valence-electron chi connectivity index (χ4n) is 2.91. The maximum Gasteiger partial charge on any atom is 0.327 e. The number of hydrogen-bond donors (Lipinski definition) is 4. The average molecular weight is 410 g/mol. The second-order valence-electron chi connectivity index (χ2n) is 6.82. The van der Waals surface area contributed by atoms with E-state index >= 15 is 0 Å². The van der Waals surface area contributed by atoms with Crippen molar-refractivity contribution >= 4 is 29.1 Å². The number of nitrogens with one attached hydrogen (secondary N) is 4. The standard InChI is InChI=1S/C22H26N4O4/c1-13-10-14(2)20(15(3)11-13)24-19(27)12-16(4)25-26-22(29)21(28)23-17-8-6-7-9-18(17)30-5/h6-12,25H,1-5H3,(H,23,28)(H,24,27)(H,26,29). The minimum Gasteiger partial charge on any atom is -0.495 e. The highest BCUT2D eigenvalue weighted by molar-refractivity contribution is 6.39. The third-order valence-electron chi connectivity index (χ3n) is 4.21. The molecule has 0 spiro atoms. The molecule has 0 aliphatic carbocycles. The Balaban J connectivity index is 1.92. The van der Waals surface area contributed by atoms with E-state index in [1.807, 2.05) is 32.9 Å². The molecule has 30 heavy (non-hydrogen) atoms. The molecule has 8 nitrogen and oxygen atoms in total. The molecule has 0 radical (unpaired) electrons. The van der Waals surface area contributed by atoms with Crippen LogP contribution in [0.15, 0.2) is 48.2 Å². The monoisotopic (exact) mass is 410 g/mol. The Morgan fingerprint density at radius 3 is 2.17 bits per heavy atom. The van der Waals surface area contributed by atoms with Crippen molar-refractivity contribution in [1.29, 1.82) is 0 Å². The molecule has 2 rings (SSSR count). The molecular weight excluding hydrogens is 384 g/mol. The third kappa shape index (κ3) is 6.10. The molecule has 0 atom stereocenters. The van der Waals surface area contributed by atoms with Gasteiger partial charge < -0.3 is 20.8 Å². The summed E-state index contributed by atoms with van der Waals surface area (Å²) >= 11 is 0. The van der Waals surface area contributed by atoms with Crippen molar-refractivity contribution < 1.29 is 19.1 Å². The van der Waals surface area contributed by atoms with Gasteiger partial charge in [-0.25, -0.2) is 0 Å². The van der Waals surface area contributed by atoms with Crippen LogP contribution in [-0.4, -0.2) is 24.8 Å². The van der Waals surface area contributed by atoms with Gasteiger partial charge in [0.1, 0.15) is 5.75 Å². The Labute approximate surface area is 175 Å². The van der Waals surface area contributed by atoms with Gasteiger partial charge in [0.25, 0.3) is 0 Å². The fourth-order valence-corrected chi connectivity index (χ4v) is 2.91. The van der Waals surface area contributed by atoms with Crippen molar-refractivity contribution in [1.82, 2.24) is 10.9 Å². The number of ether oxygens (including phenoxy) is 1. The Bertz CT molecular complexity index is 975. The van der Waals surface area contributed by atoms with E-state index in [1.54, 1.807) is 31.2 Å². The van der Waals surface area contributed by atoms with Crippen LogP contribution >= 0.6 is 0 Å². The molecule has 0 saturated carbocycles. The molecule has 8 heteroatoms. The van der Waals surface area contributed by atoms with Gasteiger partial charge in [-0.3, -0.25) is 19.8 Å². The first-order chi connectivity index (χ1) is 14.2. The zero-order valence-corrected chi connectivity index (χ0v) is 17.7. The lowest BCUT2D eigenvalue weighted by Gasteiger charge is -2.13. The van der Waals surface area contributed by atoms with Crippen molar-refractivity contribution in [2.24, 2.45) is 0 Å². The number of methoxy groups -OCH3 is 1. The number of aryl methyl sites for hydroxylation is 3. The molecule has 0 aliphatic heterocycles. The molecule has 0 unspecified atom stereocenters. The first kappa shape index (κ1) is 22.5. The Kier molecular flexibility index (Phi) is 7.57. The number of carbonyl (C=O) groups excluding carboxylic acids is 3. The van der Waals surface area contributed by atoms with Gasteiger partial charge in [0.2, 0.25) is 5.91 Å². The van der Waals surface area contributed by atoms with Crippen molar-refractivity contribution in [3.05, 3.63) is 64.9 Å². The van der Waals surface area contributed by atoms with E-state index in [2.05, 4.69) is 21.5 Å². The highest BCUT2D eigenvalue weighted by atomic mass is 16.5. The van der Waals surface area contributed by atoms with E-state index in [0.717, 1.165) is 22.4 Å². The molecule has 2 aromatic carbocycles. The van der Waals surface area contributed by atoms with Crippen molar-refractivity contribution in [2.75, 3.05) is 17.7 Å². The summed E-state index contributed by atoms with van der Waals surface area (Å²) in [7, 11) is 1.46. The van der Waals surface area contributed by atoms with Crippen LogP contribution in [0.4, 0.5) is 11.4 Å². The zero-order valence-electron chi connectivity index (χ0n) is 17.7. The number of hydrogen-bond acceptors (Lipinski definition) is 5. The van der Waals surface area contributed by atoms with E-state index in [-0.39, 0.29) is 5.91 Å². The lowest BCUT2D eigenvalue weighted by molar-refractivity contribution is -0.136. The van der Waals surface area contributed by atoms with Gasteiger partial charge in [0, 0.05) is 17.5 Å². The molecule has 0 saturated heterocycles. The van der Waals surface area contributed by atoms with Crippen LogP contribution in [0, 0.1) is 20.8 Å². The highest BCUT2D eigenvalue weighted by Crippen LogP contribution is 2.23. The molecule has 158 valence electrons. The quantitative estimate of drug-likeness (QED) is 0.333. The zero-order chi connectivity index (χ0) is 22.3. The Morgan fingerprint density at radius 1 is 0.900 bits per heavy atom. The van der Waals surface area contributed by atoms with Crippen molar-refractivity contribution in [3.63, 3.8) is 0 Å². The second kappa shape index (κ2) is 10.1. The normalized spacial score (nSPS) is 10.8. The predicted octanol–water partition coefficient (Wildman–Crippen LogP) is 2.72. The van der Waals surface area contributed by atoms with Crippen LogP contribution < -0.4 is 26.2 Å². The van der Waals surface area contributed by atoms with Crippen molar-refractivity contribution in [2.45, 2.75) is 27.7 Å². The highest BCUT2D eigenvalue weighted by Gasteiger charge is 2.15. The summed E-state index contributed by atoms with van der Waals surface area (Å²) in [5.74, 6) is -1.72. The lowest BCUT2D eigenvalue weighted by Crippen LogP contribution is -2.43. The van der Waals surface area contributed by atoms with Crippen molar-refractivity contribution in [3.8, 4) is 5.75 Å². The number of anilines is 2. The maximum atomic E-state index is 12.3. The molecular formula is C22H26N4O4. The molecule has 0 aromatic heterocycles. The Hall–Kier alpha value is -3.81. The summed E-state index contributed by atoms with van der Waals surface area (Å²) < 4.78 is 5.12. The van der Waals surface area contributed by atoms with E-state index in [9.17, 15) is 14.4 Å². The number of carbonyl (C=O) groups is 3. The summed E-state index contributed by atoms with van der Waals surface area (Å²) in [5, 5.41) is 5.29. The minimum absolute atomic E-state index is 0.355. The van der Waals surface area contributed by atoms with E-state index in [1.165, 1.54) is 13.2 Å². The first-order valence-corrected chi connectivity index (χ1v) is 9.28. The summed E-state index contributed by atoms with van der Waals surface area (Å²) in [6, 6.07) is 10.7. The number of allylic oxidation sites excluding steroid dienone is 1. The number of amides is 3. The van der Waals surface area contributed by atoms with Crippen LogP contribution in [0.2, 0.25) is 0 Å². The van der Waals surface area contributed by atoms with E-state index in [0.29, 0.717) is 17.1 Å². The SMILES string of the molecule is COc1ccccc1NC(=O)C(=O)NNC(C)=CC(=O)Nc1c(C)cc(C)cc1C. The van der Waals surface area contributed by atoms with Crippen LogP contribution in [0.5, 0.6) is 5.75 Å². The molecule has 3 amide bonds. The van der Waals surface area contributed by atoms with E-state index < -0.39 is 11.8 Å². The molecule has 2 aromatic rings. The fraction of sp³-hybridized carbons (Fsp3) is 0.227. The van der Waals surface area contributed by atoms with Crippen LogP contribution in [0.1, 0.15) is 23.6 Å².